The van der Waals surface area contributed by atoms with Crippen LogP contribution in [0.25, 0.3) is 0 Å². The summed E-state index contributed by atoms with van der Waals surface area (Å²) in [5.74, 6) is 0.891. The Kier molecular flexibility index (Phi) is 7.50. The van der Waals surface area contributed by atoms with Crippen LogP contribution in [0.15, 0.2) is 12.1 Å². The first-order valence-corrected chi connectivity index (χ1v) is 8.86. The molecule has 0 aliphatic carbocycles. The van der Waals surface area contributed by atoms with Gasteiger partial charge in [-0.2, -0.15) is 0 Å². The first kappa shape index (κ1) is 17.6. The van der Waals surface area contributed by atoms with E-state index >= 15 is 0 Å². The molecule has 0 radical (unpaired) electrons. The Balaban J connectivity index is 1.98. The monoisotopic (exact) mass is 325 g/mol. The highest BCUT2D eigenvalue weighted by molar-refractivity contribution is 6.32. The molecule has 22 heavy (non-hydrogen) atoms. The molecule has 1 aromatic carbocycles. The molecule has 124 valence electrons. The maximum atomic E-state index is 6.42. The van der Waals surface area contributed by atoms with Gasteiger partial charge in [0.25, 0.3) is 0 Å². The van der Waals surface area contributed by atoms with Crippen LogP contribution >= 0.6 is 11.6 Å². The highest BCUT2D eigenvalue weighted by Crippen LogP contribution is 2.32. The van der Waals surface area contributed by atoms with Crippen LogP contribution in [0, 0.1) is 0 Å². The van der Waals surface area contributed by atoms with Crippen molar-refractivity contribution in [2.45, 2.75) is 39.5 Å². The van der Waals surface area contributed by atoms with E-state index in [9.17, 15) is 0 Å². The molecule has 0 saturated carbocycles. The summed E-state index contributed by atoms with van der Waals surface area (Å²) in [7, 11) is 0. The number of hydrogen-bond acceptors (Lipinski definition) is 3. The second-order valence-electron chi connectivity index (χ2n) is 5.83. The molecule has 3 nitrogen and oxygen atoms in total. The Morgan fingerprint density at radius 1 is 1.23 bits per heavy atom. The molecule has 0 spiro atoms. The van der Waals surface area contributed by atoms with Gasteiger partial charge in [0.2, 0.25) is 0 Å². The van der Waals surface area contributed by atoms with Crippen LogP contribution in [-0.4, -0.2) is 44.4 Å². The Bertz CT molecular complexity index is 459. The molecule has 0 N–H and O–H groups in total. The molecule has 1 aromatic rings. The van der Waals surface area contributed by atoms with Crippen LogP contribution in [0.1, 0.15) is 37.8 Å². The van der Waals surface area contributed by atoms with Crippen molar-refractivity contribution < 1.29 is 9.47 Å². The molecule has 1 aliphatic heterocycles. The summed E-state index contributed by atoms with van der Waals surface area (Å²) in [6, 6.07) is 4.30. The molecule has 0 atom stereocenters. The lowest BCUT2D eigenvalue weighted by atomic mass is 10.0. The van der Waals surface area contributed by atoms with Crippen LogP contribution < -0.4 is 4.74 Å². The van der Waals surface area contributed by atoms with Gasteiger partial charge in [-0.3, -0.25) is 4.90 Å². The van der Waals surface area contributed by atoms with Gasteiger partial charge in [-0.05, 0) is 49.4 Å². The lowest BCUT2D eigenvalue weighted by molar-refractivity contribution is 0.0374. The molecule has 1 saturated heterocycles. The van der Waals surface area contributed by atoms with Gasteiger partial charge in [-0.25, -0.2) is 0 Å². The van der Waals surface area contributed by atoms with Gasteiger partial charge in [-0.1, -0.05) is 31.5 Å². The van der Waals surface area contributed by atoms with E-state index in [1.54, 1.807) is 0 Å². The smallest absolute Gasteiger partial charge is 0.141 e. The van der Waals surface area contributed by atoms with E-state index in [-0.39, 0.29) is 0 Å². The van der Waals surface area contributed by atoms with Gasteiger partial charge in [0.15, 0.2) is 0 Å². The summed E-state index contributed by atoms with van der Waals surface area (Å²) in [5, 5.41) is 0.758. The summed E-state index contributed by atoms with van der Waals surface area (Å²) >= 11 is 6.42. The van der Waals surface area contributed by atoms with E-state index < -0.39 is 0 Å². The molecule has 1 fully saturated rings. The van der Waals surface area contributed by atoms with E-state index in [1.807, 2.05) is 6.07 Å². The number of hydrogen-bond donors (Lipinski definition) is 0. The zero-order valence-electron chi connectivity index (χ0n) is 13.9. The minimum atomic E-state index is 0.724. The Hall–Kier alpha value is -0.770. The summed E-state index contributed by atoms with van der Waals surface area (Å²) in [5.41, 5.74) is 2.54. The minimum Gasteiger partial charge on any atom is -0.492 e. The topological polar surface area (TPSA) is 21.7 Å². The van der Waals surface area contributed by atoms with Crippen molar-refractivity contribution in [3.05, 3.63) is 28.3 Å². The van der Waals surface area contributed by atoms with Crippen molar-refractivity contribution in [1.29, 1.82) is 0 Å². The Morgan fingerprint density at radius 3 is 2.68 bits per heavy atom. The van der Waals surface area contributed by atoms with Crippen LogP contribution in [0.2, 0.25) is 5.02 Å². The second kappa shape index (κ2) is 9.39. The third-order valence-electron chi connectivity index (χ3n) is 4.06. The molecule has 0 unspecified atom stereocenters. The van der Waals surface area contributed by atoms with Crippen LogP contribution in [0.5, 0.6) is 5.75 Å². The third kappa shape index (κ3) is 5.15. The van der Waals surface area contributed by atoms with Gasteiger partial charge in [0.1, 0.15) is 5.75 Å². The van der Waals surface area contributed by atoms with Crippen molar-refractivity contribution in [2.75, 3.05) is 39.5 Å². The quantitative estimate of drug-likeness (QED) is 0.722. The molecule has 2 rings (SSSR count). The fourth-order valence-electron chi connectivity index (χ4n) is 2.79. The van der Waals surface area contributed by atoms with Gasteiger partial charge >= 0.3 is 0 Å². The fourth-order valence-corrected chi connectivity index (χ4v) is 3.10. The zero-order valence-corrected chi connectivity index (χ0v) is 14.6. The molecule has 0 bridgehead atoms. The Labute approximate surface area is 139 Å². The first-order valence-electron chi connectivity index (χ1n) is 8.48. The minimum absolute atomic E-state index is 0.724. The predicted octanol–water partition coefficient (Wildman–Crippen LogP) is 3.96. The molecule has 1 aliphatic rings. The maximum Gasteiger partial charge on any atom is 0.141 e. The SMILES string of the molecule is CCCOc1c(Cl)cc(CC)cc1CCCN1CCOCC1. The van der Waals surface area contributed by atoms with E-state index in [2.05, 4.69) is 24.8 Å². The van der Waals surface area contributed by atoms with Crippen molar-refractivity contribution in [2.24, 2.45) is 0 Å². The Morgan fingerprint density at radius 2 is 2.00 bits per heavy atom. The summed E-state index contributed by atoms with van der Waals surface area (Å²) in [4.78, 5) is 2.47. The average molecular weight is 326 g/mol. The van der Waals surface area contributed by atoms with Gasteiger partial charge in [-0.15, -0.1) is 0 Å². The summed E-state index contributed by atoms with van der Waals surface area (Å²) in [6.45, 7) is 9.95. The van der Waals surface area contributed by atoms with E-state index in [4.69, 9.17) is 21.1 Å². The van der Waals surface area contributed by atoms with Gasteiger partial charge in [0, 0.05) is 13.1 Å². The average Bonchev–Trinajstić information content (AvgIpc) is 2.54. The number of ether oxygens (including phenoxy) is 2. The normalized spacial score (nSPS) is 16.0. The van der Waals surface area contributed by atoms with Crippen LogP contribution in [-0.2, 0) is 17.6 Å². The van der Waals surface area contributed by atoms with Crippen LogP contribution in [0.3, 0.4) is 0 Å². The van der Waals surface area contributed by atoms with E-state index in [0.29, 0.717) is 0 Å². The second-order valence-corrected chi connectivity index (χ2v) is 6.23. The van der Waals surface area contributed by atoms with E-state index in [1.165, 1.54) is 11.1 Å². The van der Waals surface area contributed by atoms with Crippen LogP contribution in [0.4, 0.5) is 0 Å². The van der Waals surface area contributed by atoms with E-state index in [0.717, 1.165) is 75.9 Å². The lowest BCUT2D eigenvalue weighted by Gasteiger charge is -2.26. The fraction of sp³-hybridized carbons (Fsp3) is 0.667. The molecular formula is C18H28ClNO2. The summed E-state index contributed by atoms with van der Waals surface area (Å²) in [6.07, 6.45) is 4.15. The standard InChI is InChI=1S/C18H28ClNO2/c1-3-10-22-18-16(13-15(4-2)14-17(18)19)6-5-7-20-8-11-21-12-9-20/h13-14H,3-12H2,1-2H3. The summed E-state index contributed by atoms with van der Waals surface area (Å²) < 4.78 is 11.3. The van der Waals surface area contributed by atoms with Crippen molar-refractivity contribution in [3.8, 4) is 5.75 Å². The predicted molar refractivity (Wildman–Crippen MR) is 92.2 cm³/mol. The number of nitrogens with zero attached hydrogens (tertiary/aromatic N) is 1. The van der Waals surface area contributed by atoms with Crippen molar-refractivity contribution in [1.82, 2.24) is 4.90 Å². The lowest BCUT2D eigenvalue weighted by Crippen LogP contribution is -2.36. The number of benzene rings is 1. The highest BCUT2D eigenvalue weighted by atomic mass is 35.5. The number of rotatable bonds is 8. The van der Waals surface area contributed by atoms with Crippen molar-refractivity contribution in [3.63, 3.8) is 0 Å². The maximum absolute atomic E-state index is 6.42. The third-order valence-corrected chi connectivity index (χ3v) is 4.34. The first-order chi connectivity index (χ1) is 10.7. The van der Waals surface area contributed by atoms with Gasteiger partial charge < -0.3 is 9.47 Å². The zero-order chi connectivity index (χ0) is 15.8. The molecule has 0 aromatic heterocycles. The molecular weight excluding hydrogens is 298 g/mol. The highest BCUT2D eigenvalue weighted by Gasteiger charge is 2.13. The largest absolute Gasteiger partial charge is 0.492 e. The molecule has 4 heteroatoms. The number of halogens is 1. The molecule has 0 amide bonds. The molecule has 1 heterocycles. The van der Waals surface area contributed by atoms with Gasteiger partial charge in [0.05, 0.1) is 24.8 Å². The number of aryl methyl sites for hydroxylation is 2. The number of morpholine rings is 1. The van der Waals surface area contributed by atoms with Crippen molar-refractivity contribution >= 4 is 11.6 Å².